The zero-order chi connectivity index (χ0) is 24.2. The molecule has 1 unspecified atom stereocenters. The number of carbonyl (C=O) groups excluding carboxylic acids is 1. The molecular formula is C27H54ClNO4. The van der Waals surface area contributed by atoms with Crippen LogP contribution in [0.2, 0.25) is 0 Å². The summed E-state index contributed by atoms with van der Waals surface area (Å²) in [5, 5.41) is 10.4. The van der Waals surface area contributed by atoms with Gasteiger partial charge >= 0.3 is 5.97 Å². The van der Waals surface area contributed by atoms with Crippen LogP contribution in [0.3, 0.4) is 0 Å². The summed E-state index contributed by atoms with van der Waals surface area (Å²) in [7, 11) is 0. The Labute approximate surface area is 211 Å². The lowest BCUT2D eigenvalue weighted by molar-refractivity contribution is -0.139. The molecule has 0 amide bonds. The van der Waals surface area contributed by atoms with E-state index in [0.717, 1.165) is 6.42 Å². The van der Waals surface area contributed by atoms with E-state index in [4.69, 9.17) is 9.47 Å². The van der Waals surface area contributed by atoms with Crippen LogP contribution >= 0.6 is 12.4 Å². The fourth-order valence-electron chi connectivity index (χ4n) is 3.64. The molecule has 1 N–H and O–H groups in total. The van der Waals surface area contributed by atoms with Crippen LogP contribution in [-0.4, -0.2) is 60.5 Å². The Morgan fingerprint density at radius 2 is 1.39 bits per heavy atom. The molecule has 0 bridgehead atoms. The van der Waals surface area contributed by atoms with Crippen LogP contribution in [0, 0.1) is 0 Å². The molecule has 5 nitrogen and oxygen atoms in total. The van der Waals surface area contributed by atoms with Crippen molar-refractivity contribution in [3.63, 3.8) is 0 Å². The van der Waals surface area contributed by atoms with Crippen molar-refractivity contribution >= 4 is 18.4 Å². The molecule has 0 aromatic rings. The predicted octanol–water partition coefficient (Wildman–Crippen LogP) is 6.71. The number of aliphatic hydroxyl groups is 1. The molecule has 0 aliphatic carbocycles. The Balaban J connectivity index is 0. The van der Waals surface area contributed by atoms with Gasteiger partial charge in [-0.05, 0) is 34.1 Å². The standard InChI is InChI=1S/C27H53NO4.ClH/c1-7-8-9-10-11-12-13-14-15-16-17-18-20-31-23-25(29)22-28(27(4,5)6)19-21-32-26(30)24(2)3;/h25,29H,2,7-23H2,1,3-6H3;1H. The first kappa shape index (κ1) is 34.5. The second-order valence-electron chi connectivity index (χ2n) is 10.2. The third kappa shape index (κ3) is 21.6. The van der Waals surface area contributed by atoms with Crippen LogP contribution in [0.25, 0.3) is 0 Å². The average molecular weight is 492 g/mol. The van der Waals surface area contributed by atoms with E-state index in [1.807, 2.05) is 0 Å². The maximum absolute atomic E-state index is 11.5. The van der Waals surface area contributed by atoms with Crippen LogP contribution in [-0.2, 0) is 14.3 Å². The second kappa shape index (κ2) is 21.9. The summed E-state index contributed by atoms with van der Waals surface area (Å²) in [6.07, 6.45) is 15.4. The molecular weight excluding hydrogens is 438 g/mol. The number of carbonyl (C=O) groups is 1. The summed E-state index contributed by atoms with van der Waals surface area (Å²) < 4.78 is 10.9. The van der Waals surface area contributed by atoms with Crippen molar-refractivity contribution in [1.29, 1.82) is 0 Å². The summed E-state index contributed by atoms with van der Waals surface area (Å²) in [6, 6.07) is 0. The van der Waals surface area contributed by atoms with Crippen molar-refractivity contribution in [2.45, 2.75) is 123 Å². The zero-order valence-corrected chi connectivity index (χ0v) is 23.1. The number of halogens is 1. The summed E-state index contributed by atoms with van der Waals surface area (Å²) in [4.78, 5) is 13.7. The Bertz CT molecular complexity index is 479. The highest BCUT2D eigenvalue weighted by Gasteiger charge is 2.24. The Hall–Kier alpha value is -0.620. The lowest BCUT2D eigenvalue weighted by Gasteiger charge is -2.36. The van der Waals surface area contributed by atoms with Gasteiger partial charge in [0, 0.05) is 30.8 Å². The summed E-state index contributed by atoms with van der Waals surface area (Å²) >= 11 is 0. The maximum atomic E-state index is 11.5. The number of hydrogen-bond acceptors (Lipinski definition) is 5. The van der Waals surface area contributed by atoms with E-state index >= 15 is 0 Å². The SMILES string of the molecule is C=C(C)C(=O)OCCN(CC(O)COCCCCCCCCCCCCCC)C(C)(C)C.Cl. The lowest BCUT2D eigenvalue weighted by atomic mass is 10.1. The van der Waals surface area contributed by atoms with E-state index in [-0.39, 0.29) is 30.5 Å². The van der Waals surface area contributed by atoms with E-state index in [0.29, 0.717) is 31.9 Å². The maximum Gasteiger partial charge on any atom is 0.333 e. The molecule has 0 aromatic heterocycles. The Morgan fingerprint density at radius 3 is 1.85 bits per heavy atom. The van der Waals surface area contributed by atoms with E-state index < -0.39 is 6.10 Å². The van der Waals surface area contributed by atoms with Gasteiger partial charge in [-0.15, -0.1) is 12.4 Å². The van der Waals surface area contributed by atoms with Gasteiger partial charge in [0.25, 0.3) is 0 Å². The van der Waals surface area contributed by atoms with Gasteiger partial charge in [0.2, 0.25) is 0 Å². The van der Waals surface area contributed by atoms with Gasteiger partial charge in [0.05, 0.1) is 12.7 Å². The van der Waals surface area contributed by atoms with Crippen LogP contribution in [0.5, 0.6) is 0 Å². The van der Waals surface area contributed by atoms with Crippen LogP contribution in [0.4, 0.5) is 0 Å². The third-order valence-electron chi connectivity index (χ3n) is 5.78. The van der Waals surface area contributed by atoms with Crippen molar-refractivity contribution in [1.82, 2.24) is 4.90 Å². The van der Waals surface area contributed by atoms with Gasteiger partial charge in [-0.3, -0.25) is 4.90 Å². The van der Waals surface area contributed by atoms with Gasteiger partial charge < -0.3 is 14.6 Å². The molecule has 0 aliphatic rings. The minimum absolute atomic E-state index is 0. The van der Waals surface area contributed by atoms with Crippen molar-refractivity contribution in [2.24, 2.45) is 0 Å². The third-order valence-corrected chi connectivity index (χ3v) is 5.78. The van der Waals surface area contributed by atoms with Gasteiger partial charge in [-0.25, -0.2) is 4.79 Å². The molecule has 0 aliphatic heterocycles. The average Bonchev–Trinajstić information content (AvgIpc) is 2.72. The summed E-state index contributed by atoms with van der Waals surface area (Å²) in [6.45, 7) is 16.2. The largest absolute Gasteiger partial charge is 0.461 e. The number of β-amino-alcohol motifs (C(OH)–C–C–N with tert-alkyl or cyclic N) is 1. The first-order valence-corrected chi connectivity index (χ1v) is 13.0. The van der Waals surface area contributed by atoms with Gasteiger partial charge in [0.15, 0.2) is 0 Å². The molecule has 0 saturated carbocycles. The number of hydrogen-bond donors (Lipinski definition) is 1. The fraction of sp³-hybridized carbons (Fsp3) is 0.889. The molecule has 0 spiro atoms. The molecule has 0 saturated heterocycles. The van der Waals surface area contributed by atoms with Gasteiger partial charge in [-0.1, -0.05) is 84.1 Å². The topological polar surface area (TPSA) is 59.0 Å². The number of rotatable bonds is 21. The molecule has 0 fully saturated rings. The molecule has 0 radical (unpaired) electrons. The monoisotopic (exact) mass is 491 g/mol. The Morgan fingerprint density at radius 1 is 0.909 bits per heavy atom. The van der Waals surface area contributed by atoms with E-state index in [1.165, 1.54) is 70.6 Å². The minimum atomic E-state index is -0.552. The number of ether oxygens (including phenoxy) is 2. The van der Waals surface area contributed by atoms with Crippen molar-refractivity contribution in [2.75, 3.05) is 32.9 Å². The van der Waals surface area contributed by atoms with Crippen LogP contribution < -0.4 is 0 Å². The first-order chi connectivity index (χ1) is 15.2. The molecule has 0 heterocycles. The van der Waals surface area contributed by atoms with E-state index in [2.05, 4.69) is 39.2 Å². The predicted molar refractivity (Wildman–Crippen MR) is 142 cm³/mol. The number of nitrogens with zero attached hydrogens (tertiary/aromatic N) is 1. The smallest absolute Gasteiger partial charge is 0.333 e. The minimum Gasteiger partial charge on any atom is -0.461 e. The van der Waals surface area contributed by atoms with Crippen molar-refractivity contribution < 1.29 is 19.4 Å². The van der Waals surface area contributed by atoms with Crippen LogP contribution in [0.15, 0.2) is 12.2 Å². The van der Waals surface area contributed by atoms with Crippen molar-refractivity contribution in [3.05, 3.63) is 12.2 Å². The summed E-state index contributed by atoms with van der Waals surface area (Å²) in [5.74, 6) is -0.370. The number of unbranched alkanes of at least 4 members (excludes halogenated alkanes) is 11. The molecule has 33 heavy (non-hydrogen) atoms. The van der Waals surface area contributed by atoms with E-state index in [9.17, 15) is 9.90 Å². The highest BCUT2D eigenvalue weighted by atomic mass is 35.5. The highest BCUT2D eigenvalue weighted by Crippen LogP contribution is 2.14. The van der Waals surface area contributed by atoms with E-state index in [1.54, 1.807) is 6.92 Å². The molecule has 6 heteroatoms. The number of esters is 1. The normalized spacial score (nSPS) is 12.5. The highest BCUT2D eigenvalue weighted by molar-refractivity contribution is 5.86. The summed E-state index contributed by atoms with van der Waals surface area (Å²) in [5.41, 5.74) is 0.269. The molecule has 198 valence electrons. The van der Waals surface area contributed by atoms with Gasteiger partial charge in [0.1, 0.15) is 6.61 Å². The zero-order valence-electron chi connectivity index (χ0n) is 22.3. The molecule has 0 aromatic carbocycles. The van der Waals surface area contributed by atoms with Crippen LogP contribution in [0.1, 0.15) is 112 Å². The van der Waals surface area contributed by atoms with Gasteiger partial charge in [-0.2, -0.15) is 0 Å². The number of aliphatic hydroxyl groups excluding tert-OH is 1. The molecule has 1 atom stereocenters. The fourth-order valence-corrected chi connectivity index (χ4v) is 3.64. The quantitative estimate of drug-likeness (QED) is 0.110. The first-order valence-electron chi connectivity index (χ1n) is 13.0. The Kier molecular flexibility index (Phi) is 22.9. The second-order valence-corrected chi connectivity index (χ2v) is 10.2. The molecule has 0 rings (SSSR count). The lowest BCUT2D eigenvalue weighted by Crippen LogP contribution is -2.48. The van der Waals surface area contributed by atoms with Crippen molar-refractivity contribution in [3.8, 4) is 0 Å².